The summed E-state index contributed by atoms with van der Waals surface area (Å²) in [7, 11) is 0. The van der Waals surface area contributed by atoms with Crippen molar-refractivity contribution in [3.63, 3.8) is 0 Å². The van der Waals surface area contributed by atoms with Crippen molar-refractivity contribution in [2.75, 3.05) is 6.54 Å². The smallest absolute Gasteiger partial charge is 0.504 e. The molecule has 1 heterocycles. The van der Waals surface area contributed by atoms with Gasteiger partial charge in [0, 0.05) is 12.1 Å². The van der Waals surface area contributed by atoms with Crippen molar-refractivity contribution in [3.05, 3.63) is 35.1 Å². The Kier molecular flexibility index (Phi) is 7.87. The minimum Gasteiger partial charge on any atom is -0.504 e. The van der Waals surface area contributed by atoms with E-state index in [0.717, 1.165) is 24.0 Å². The van der Waals surface area contributed by atoms with Crippen LogP contribution in [0.2, 0.25) is 0 Å². The van der Waals surface area contributed by atoms with Crippen LogP contribution in [0.4, 0.5) is 4.79 Å². The van der Waals surface area contributed by atoms with Crippen molar-refractivity contribution < 1.29 is 53.1 Å². The van der Waals surface area contributed by atoms with Gasteiger partial charge in [0.15, 0.2) is 29.8 Å². The molecule has 43 heavy (non-hydrogen) atoms. The van der Waals surface area contributed by atoms with Crippen LogP contribution in [-0.2, 0) is 45.2 Å². The number of hydrogen-bond acceptors (Lipinski definition) is 11. The number of aliphatic hydroxyl groups is 1. The highest BCUT2D eigenvalue weighted by atomic mass is 16.7. The summed E-state index contributed by atoms with van der Waals surface area (Å²) in [4.78, 5) is 49.3. The first-order valence-electron chi connectivity index (χ1n) is 14.7. The summed E-state index contributed by atoms with van der Waals surface area (Å²) >= 11 is 0. The van der Waals surface area contributed by atoms with Crippen LogP contribution < -0.4 is 10.1 Å². The van der Waals surface area contributed by atoms with Crippen molar-refractivity contribution in [3.8, 4) is 11.5 Å². The van der Waals surface area contributed by atoms with Crippen LogP contribution in [-0.4, -0.2) is 70.3 Å². The summed E-state index contributed by atoms with van der Waals surface area (Å²) in [5.41, 5.74) is -0.912. The molecule has 0 saturated heterocycles. The molecule has 234 valence electrons. The largest absolute Gasteiger partial charge is 0.509 e. The third kappa shape index (κ3) is 5.41. The number of carbonyl (C=O) groups is 4. The Morgan fingerprint density at radius 3 is 2.60 bits per heavy atom. The third-order valence-corrected chi connectivity index (χ3v) is 8.78. The number of benzene rings is 1. The molecule has 12 heteroatoms. The minimum atomic E-state index is -1.27. The first kappa shape index (κ1) is 30.7. The molecule has 0 aromatic heterocycles. The summed E-state index contributed by atoms with van der Waals surface area (Å²) in [5.74, 6) is -1.69. The van der Waals surface area contributed by atoms with Crippen LogP contribution in [0.25, 0.3) is 0 Å². The summed E-state index contributed by atoms with van der Waals surface area (Å²) in [6.07, 6.45) is 0.483. The molecule has 5 rings (SSSR count). The van der Waals surface area contributed by atoms with Crippen molar-refractivity contribution in [2.45, 2.75) is 108 Å². The number of phenols is 1. The lowest BCUT2D eigenvalue weighted by Crippen LogP contribution is -2.67. The summed E-state index contributed by atoms with van der Waals surface area (Å²) < 4.78 is 27.1. The van der Waals surface area contributed by atoms with E-state index in [4.69, 9.17) is 23.7 Å². The van der Waals surface area contributed by atoms with E-state index in [2.05, 4.69) is 5.32 Å². The predicted octanol–water partition coefficient (Wildman–Crippen LogP) is 3.09. The monoisotopic (exact) mass is 601 g/mol. The molecular weight excluding hydrogens is 562 g/mol. The maximum absolute atomic E-state index is 13.0. The van der Waals surface area contributed by atoms with Gasteiger partial charge in [-0.2, -0.15) is 0 Å². The van der Waals surface area contributed by atoms with Gasteiger partial charge < -0.3 is 39.2 Å². The molecule has 0 radical (unpaired) electrons. The first-order chi connectivity index (χ1) is 20.2. The first-order valence-corrected chi connectivity index (χ1v) is 14.7. The van der Waals surface area contributed by atoms with Gasteiger partial charge in [0.2, 0.25) is 0 Å². The molecule has 1 saturated carbocycles. The van der Waals surface area contributed by atoms with Crippen LogP contribution in [0.1, 0.15) is 77.8 Å². The molecule has 3 aliphatic carbocycles. The summed E-state index contributed by atoms with van der Waals surface area (Å²) in [6, 6.07) is 3.47. The fraction of sp³-hybridized carbons (Fsp3) is 0.613. The number of esters is 2. The van der Waals surface area contributed by atoms with Gasteiger partial charge >= 0.3 is 18.1 Å². The Bertz CT molecular complexity index is 1360. The third-order valence-electron chi connectivity index (χ3n) is 8.78. The van der Waals surface area contributed by atoms with Crippen molar-refractivity contribution >= 4 is 24.0 Å². The Morgan fingerprint density at radius 2 is 1.88 bits per heavy atom. The molecule has 1 spiro atoms. The highest BCUT2D eigenvalue weighted by molar-refractivity contribution is 5.83. The molecular formula is C31H39NO11. The number of aromatic hydroxyl groups is 1. The van der Waals surface area contributed by atoms with Crippen molar-refractivity contribution in [2.24, 2.45) is 5.92 Å². The van der Waals surface area contributed by atoms with Gasteiger partial charge in [-0.15, -0.1) is 0 Å². The number of carbonyl (C=O) groups excluding carboxylic acids is 4. The maximum Gasteiger partial charge on any atom is 0.509 e. The minimum absolute atomic E-state index is 0.0103. The zero-order valence-electron chi connectivity index (χ0n) is 25.1. The van der Waals surface area contributed by atoms with E-state index in [1.807, 2.05) is 6.07 Å². The molecule has 1 aromatic rings. The number of hydrogen-bond donors (Lipinski definition) is 3. The highest BCUT2D eigenvalue weighted by Gasteiger charge is 2.70. The molecule has 12 nitrogen and oxygen atoms in total. The average molecular weight is 602 g/mol. The van der Waals surface area contributed by atoms with Crippen LogP contribution >= 0.6 is 0 Å². The second kappa shape index (κ2) is 11.0. The van der Waals surface area contributed by atoms with Gasteiger partial charge in [-0.25, -0.2) is 9.59 Å². The number of rotatable bonds is 8. The van der Waals surface area contributed by atoms with E-state index in [0.29, 0.717) is 18.6 Å². The normalized spacial score (nSPS) is 27.8. The van der Waals surface area contributed by atoms with Gasteiger partial charge in [0.1, 0.15) is 11.4 Å². The standard InChI is InChI=1S/C31H39NO11/c1-16(40-28(37)43-29(3,4)5)26(35)32-14-11-22(34)39-17(2)27(36)41-21-10-13-31(38)19-7-6-12-30(31)23-18(15-19)8-9-20(33)24(23)42-25(21)30/h8-10,16-17,19,25,33,38H,6-7,11-15H2,1-5H3,(H,32,35)/t16-,17-,19+,25-,30-,31+/m0/s1. The summed E-state index contributed by atoms with van der Waals surface area (Å²) in [6.45, 7) is 7.61. The molecule has 1 fully saturated rings. The van der Waals surface area contributed by atoms with E-state index in [1.165, 1.54) is 13.8 Å². The second-order valence-corrected chi connectivity index (χ2v) is 12.8. The van der Waals surface area contributed by atoms with Gasteiger partial charge in [-0.05, 0) is 83.9 Å². The predicted molar refractivity (Wildman–Crippen MR) is 149 cm³/mol. The lowest BCUT2D eigenvalue weighted by Gasteiger charge is -2.59. The highest BCUT2D eigenvalue weighted by Crippen LogP contribution is 2.67. The van der Waals surface area contributed by atoms with Crippen LogP contribution in [0.15, 0.2) is 24.0 Å². The van der Waals surface area contributed by atoms with E-state index in [9.17, 15) is 29.4 Å². The van der Waals surface area contributed by atoms with Gasteiger partial charge in [0.25, 0.3) is 5.91 Å². The second-order valence-electron chi connectivity index (χ2n) is 12.8. The molecule has 0 unspecified atom stereocenters. The molecule has 3 N–H and O–H groups in total. The fourth-order valence-corrected chi connectivity index (χ4v) is 6.94. The maximum atomic E-state index is 13.0. The van der Waals surface area contributed by atoms with Crippen LogP contribution in [0, 0.1) is 5.92 Å². The number of amides is 1. The van der Waals surface area contributed by atoms with Crippen molar-refractivity contribution in [1.29, 1.82) is 0 Å². The lowest BCUT2D eigenvalue weighted by molar-refractivity contribution is -0.171. The zero-order valence-corrected chi connectivity index (χ0v) is 25.1. The van der Waals surface area contributed by atoms with E-state index in [-0.39, 0.29) is 36.8 Å². The molecule has 4 aliphatic rings. The SMILES string of the molecule is C[C@H](OC(=O)OC(C)(C)C)C(=O)NCCC(=O)O[C@@H](C)C(=O)OC1=CC[C@@]2(O)[C@@H]3CCC[C@@]24c2c(ccc(O)c2O[C@@H]14)C3. The quantitative estimate of drug-likeness (QED) is 0.296. The van der Waals surface area contributed by atoms with Crippen LogP contribution in [0.5, 0.6) is 11.5 Å². The Hall–Kier alpha value is -3.80. The van der Waals surface area contributed by atoms with E-state index < -0.39 is 58.9 Å². The number of ether oxygens (including phenoxy) is 5. The zero-order chi connectivity index (χ0) is 31.3. The van der Waals surface area contributed by atoms with E-state index >= 15 is 0 Å². The van der Waals surface area contributed by atoms with Crippen LogP contribution in [0.3, 0.4) is 0 Å². The van der Waals surface area contributed by atoms with Gasteiger partial charge in [-0.3, -0.25) is 9.59 Å². The molecule has 2 bridgehead atoms. The Balaban J connectivity index is 1.16. The molecule has 1 aliphatic heterocycles. The molecule has 1 aromatic carbocycles. The Morgan fingerprint density at radius 1 is 1.14 bits per heavy atom. The Labute approximate surface area is 249 Å². The topological polar surface area (TPSA) is 167 Å². The lowest BCUT2D eigenvalue weighted by atomic mass is 9.47. The molecule has 1 amide bonds. The number of phenolic OH excluding ortho intramolecular Hbond substituents is 1. The van der Waals surface area contributed by atoms with Gasteiger partial charge in [-0.1, -0.05) is 12.5 Å². The summed E-state index contributed by atoms with van der Waals surface area (Å²) in [5, 5.41) is 25.1. The fourth-order valence-electron chi connectivity index (χ4n) is 6.94. The molecule has 6 atom stereocenters. The van der Waals surface area contributed by atoms with E-state index in [1.54, 1.807) is 32.9 Å². The number of nitrogens with one attached hydrogen (secondary N) is 1. The average Bonchev–Trinajstić information content (AvgIpc) is 3.25. The van der Waals surface area contributed by atoms with Gasteiger partial charge in [0.05, 0.1) is 17.4 Å². The van der Waals surface area contributed by atoms with Crippen molar-refractivity contribution in [1.82, 2.24) is 5.32 Å².